The summed E-state index contributed by atoms with van der Waals surface area (Å²) in [5, 5.41) is 21.5. The number of benzene rings is 2. The van der Waals surface area contributed by atoms with Crippen molar-refractivity contribution in [1.29, 1.82) is 0 Å². The minimum atomic E-state index is -0.986. The van der Waals surface area contributed by atoms with Gasteiger partial charge in [0, 0.05) is 24.8 Å². The van der Waals surface area contributed by atoms with Gasteiger partial charge in [0.25, 0.3) is 0 Å². The number of phenolic OH excluding ortho intramolecular Hbond substituents is 1. The Labute approximate surface area is 202 Å². The number of ether oxygens (including phenoxy) is 1. The molecule has 0 aliphatic carbocycles. The summed E-state index contributed by atoms with van der Waals surface area (Å²) in [5.74, 6) is -4.11. The molecule has 0 aliphatic rings. The van der Waals surface area contributed by atoms with E-state index in [-0.39, 0.29) is 36.2 Å². The van der Waals surface area contributed by atoms with Gasteiger partial charge in [0.15, 0.2) is 28.7 Å². The predicted molar refractivity (Wildman–Crippen MR) is 130 cm³/mol. The normalized spacial score (nSPS) is 10.9. The number of hydrogen-bond acceptors (Lipinski definition) is 8. The first-order valence-corrected chi connectivity index (χ1v) is 11.7. The van der Waals surface area contributed by atoms with Gasteiger partial charge < -0.3 is 19.4 Å². The number of carbonyl (C=O) groups excluding carboxylic acids is 3. The van der Waals surface area contributed by atoms with E-state index in [1.807, 2.05) is 0 Å². The Morgan fingerprint density at radius 3 is 1.97 bits per heavy atom. The number of aromatic hydroxyl groups is 2. The summed E-state index contributed by atoms with van der Waals surface area (Å²) in [6.45, 7) is 5.26. The minimum Gasteiger partial charge on any atom is -0.506 e. The molecule has 0 atom stereocenters. The summed E-state index contributed by atoms with van der Waals surface area (Å²) < 4.78 is 11.3. The average Bonchev–Trinajstić information content (AvgIpc) is 2.82. The van der Waals surface area contributed by atoms with Gasteiger partial charge in [0.2, 0.25) is 11.2 Å². The topological polar surface area (TPSA) is 131 Å². The number of rotatable bonds is 10. The number of fused-ring (bicyclic) bond motifs is 1. The molecule has 0 unspecified atom stereocenters. The predicted octanol–water partition coefficient (Wildman–Crippen LogP) is 5.54. The molecule has 8 heteroatoms. The smallest absolute Gasteiger partial charge is 0.311 e. The summed E-state index contributed by atoms with van der Waals surface area (Å²) in [4.78, 5) is 52.0. The second-order valence-electron chi connectivity index (χ2n) is 8.18. The SMILES string of the molecule is CCCC(=O)Oc1c(C(=O)CCC)c(O)c(C(=O)CCC)c2oc(-c3ccccc3)c(O)c(=O)c12. The van der Waals surface area contributed by atoms with Crippen LogP contribution in [0.4, 0.5) is 0 Å². The van der Waals surface area contributed by atoms with E-state index < -0.39 is 51.2 Å². The fraction of sp³-hybridized carbons (Fsp3) is 0.333. The maximum Gasteiger partial charge on any atom is 0.311 e. The maximum absolute atomic E-state index is 13.5. The molecule has 3 rings (SSSR count). The van der Waals surface area contributed by atoms with Crippen molar-refractivity contribution in [2.24, 2.45) is 0 Å². The third-order valence-corrected chi connectivity index (χ3v) is 5.46. The summed E-state index contributed by atoms with van der Waals surface area (Å²) in [5.41, 5.74) is -1.78. The number of ketones is 2. The van der Waals surface area contributed by atoms with Gasteiger partial charge in [-0.1, -0.05) is 51.1 Å². The van der Waals surface area contributed by atoms with Crippen LogP contribution in [0.3, 0.4) is 0 Å². The number of hydrogen-bond donors (Lipinski definition) is 2. The molecule has 8 nitrogen and oxygen atoms in total. The van der Waals surface area contributed by atoms with E-state index in [0.29, 0.717) is 24.8 Å². The Morgan fingerprint density at radius 2 is 1.40 bits per heavy atom. The Hall–Kier alpha value is -3.94. The van der Waals surface area contributed by atoms with Crippen LogP contribution in [0.25, 0.3) is 22.3 Å². The van der Waals surface area contributed by atoms with Gasteiger partial charge in [0.05, 0.1) is 0 Å². The first-order valence-electron chi connectivity index (χ1n) is 11.7. The molecule has 2 N–H and O–H groups in total. The summed E-state index contributed by atoms with van der Waals surface area (Å²) >= 11 is 0. The first-order chi connectivity index (χ1) is 16.8. The van der Waals surface area contributed by atoms with Crippen molar-refractivity contribution >= 4 is 28.5 Å². The van der Waals surface area contributed by atoms with E-state index in [9.17, 15) is 29.4 Å². The molecule has 3 aromatic rings. The van der Waals surface area contributed by atoms with Crippen LogP contribution >= 0.6 is 0 Å². The Morgan fingerprint density at radius 1 is 0.829 bits per heavy atom. The Kier molecular flexibility index (Phi) is 8.06. The monoisotopic (exact) mass is 480 g/mol. The number of esters is 1. The van der Waals surface area contributed by atoms with Crippen molar-refractivity contribution in [1.82, 2.24) is 0 Å². The van der Waals surface area contributed by atoms with Crippen LogP contribution < -0.4 is 10.2 Å². The van der Waals surface area contributed by atoms with Crippen molar-refractivity contribution in [2.75, 3.05) is 0 Å². The van der Waals surface area contributed by atoms with E-state index in [2.05, 4.69) is 0 Å². The third kappa shape index (κ3) is 4.96. The van der Waals surface area contributed by atoms with Crippen LogP contribution in [0.2, 0.25) is 0 Å². The molecular weight excluding hydrogens is 452 g/mol. The Balaban J connectivity index is 2.54. The maximum atomic E-state index is 13.5. The van der Waals surface area contributed by atoms with E-state index in [1.54, 1.807) is 51.1 Å². The van der Waals surface area contributed by atoms with Gasteiger partial charge in [-0.2, -0.15) is 0 Å². The molecule has 0 spiro atoms. The first kappa shape index (κ1) is 25.7. The highest BCUT2D eigenvalue weighted by atomic mass is 16.5. The molecule has 0 fully saturated rings. The van der Waals surface area contributed by atoms with E-state index in [0.717, 1.165) is 0 Å². The van der Waals surface area contributed by atoms with Crippen molar-refractivity contribution in [2.45, 2.75) is 59.3 Å². The van der Waals surface area contributed by atoms with Crippen molar-refractivity contribution in [3.63, 3.8) is 0 Å². The van der Waals surface area contributed by atoms with Crippen molar-refractivity contribution < 1.29 is 33.8 Å². The molecule has 0 saturated heterocycles. The summed E-state index contributed by atoms with van der Waals surface area (Å²) in [6.07, 6.45) is 1.23. The molecule has 0 radical (unpaired) electrons. The zero-order valence-corrected chi connectivity index (χ0v) is 20.0. The lowest BCUT2D eigenvalue weighted by Gasteiger charge is -2.18. The van der Waals surface area contributed by atoms with Gasteiger partial charge in [0.1, 0.15) is 22.3 Å². The minimum absolute atomic E-state index is 0.00426. The molecule has 0 bridgehead atoms. The van der Waals surface area contributed by atoms with Crippen molar-refractivity contribution in [3.05, 3.63) is 51.7 Å². The van der Waals surface area contributed by atoms with E-state index in [4.69, 9.17) is 9.15 Å². The highest BCUT2D eigenvalue weighted by Gasteiger charge is 2.33. The lowest BCUT2D eigenvalue weighted by Crippen LogP contribution is -2.17. The molecule has 2 aromatic carbocycles. The standard InChI is InChI=1S/C27H28O8/c1-4-10-16(28)19-22(31)20(17(29)11-5-2)27-21(26(19)34-18(30)12-6-3)23(32)24(33)25(35-27)15-13-8-7-9-14-15/h7-9,13-14,31,33H,4-6,10-12H2,1-3H3. The van der Waals surface area contributed by atoms with Crippen LogP contribution in [-0.2, 0) is 4.79 Å². The molecule has 0 aliphatic heterocycles. The Bertz CT molecular complexity index is 1340. The van der Waals surface area contributed by atoms with Gasteiger partial charge in [-0.25, -0.2) is 0 Å². The lowest BCUT2D eigenvalue weighted by atomic mass is 9.93. The zero-order chi connectivity index (χ0) is 25.7. The third-order valence-electron chi connectivity index (χ3n) is 5.46. The van der Waals surface area contributed by atoms with Crippen LogP contribution in [0.1, 0.15) is 80.0 Å². The van der Waals surface area contributed by atoms with Crippen LogP contribution in [0.5, 0.6) is 17.2 Å². The van der Waals surface area contributed by atoms with Gasteiger partial charge >= 0.3 is 5.97 Å². The number of carbonyl (C=O) groups is 3. The fourth-order valence-corrected chi connectivity index (χ4v) is 3.85. The second kappa shape index (κ2) is 11.0. The average molecular weight is 481 g/mol. The molecule has 0 saturated carbocycles. The second-order valence-corrected chi connectivity index (χ2v) is 8.18. The van der Waals surface area contributed by atoms with Gasteiger partial charge in [-0.05, 0) is 19.3 Å². The number of Topliss-reactive ketones (excluding diaryl/α,β-unsaturated/α-hetero) is 2. The van der Waals surface area contributed by atoms with Crippen LogP contribution in [0, 0.1) is 0 Å². The molecule has 35 heavy (non-hydrogen) atoms. The van der Waals surface area contributed by atoms with Gasteiger partial charge in [-0.3, -0.25) is 19.2 Å². The molecule has 1 heterocycles. The largest absolute Gasteiger partial charge is 0.506 e. The highest BCUT2D eigenvalue weighted by Crippen LogP contribution is 2.43. The van der Waals surface area contributed by atoms with Crippen LogP contribution in [-0.4, -0.2) is 27.7 Å². The van der Waals surface area contributed by atoms with Gasteiger partial charge in [-0.15, -0.1) is 0 Å². The summed E-state index contributed by atoms with van der Waals surface area (Å²) in [6, 6.07) is 8.27. The molecule has 184 valence electrons. The summed E-state index contributed by atoms with van der Waals surface area (Å²) in [7, 11) is 0. The molecule has 0 amide bonds. The van der Waals surface area contributed by atoms with Crippen molar-refractivity contribution in [3.8, 4) is 28.6 Å². The highest BCUT2D eigenvalue weighted by molar-refractivity contribution is 6.17. The fourth-order valence-electron chi connectivity index (χ4n) is 3.85. The van der Waals surface area contributed by atoms with E-state index in [1.165, 1.54) is 0 Å². The lowest BCUT2D eigenvalue weighted by molar-refractivity contribution is -0.134. The molecule has 1 aromatic heterocycles. The quantitative estimate of drug-likeness (QED) is 0.220. The van der Waals surface area contributed by atoms with E-state index >= 15 is 0 Å². The zero-order valence-electron chi connectivity index (χ0n) is 20.0. The number of phenols is 1. The van der Waals surface area contributed by atoms with Crippen LogP contribution in [0.15, 0.2) is 39.5 Å². The molecular formula is C27H28O8.